The minimum Gasteiger partial charge on any atom is -0.355 e. The molecule has 7 heteroatoms. The van der Waals surface area contributed by atoms with Crippen molar-refractivity contribution in [3.05, 3.63) is 70.3 Å². The van der Waals surface area contributed by atoms with Gasteiger partial charge in [-0.2, -0.15) is 0 Å². The van der Waals surface area contributed by atoms with Crippen LogP contribution in [0.15, 0.2) is 58.5 Å². The maximum Gasteiger partial charge on any atom is 0.262 e. The van der Waals surface area contributed by atoms with E-state index in [2.05, 4.69) is 10.3 Å². The Hall–Kier alpha value is -2.67. The molecular formula is C19H18FN3O2S. The molecule has 2 aromatic carbocycles. The molecule has 1 heterocycles. The summed E-state index contributed by atoms with van der Waals surface area (Å²) in [5.74, 6) is 0.0428. The van der Waals surface area contributed by atoms with Gasteiger partial charge in [0.25, 0.3) is 5.56 Å². The van der Waals surface area contributed by atoms with Crippen LogP contribution < -0.4 is 10.9 Å². The van der Waals surface area contributed by atoms with E-state index in [1.807, 2.05) is 12.1 Å². The summed E-state index contributed by atoms with van der Waals surface area (Å²) in [6.45, 7) is 2.09. The summed E-state index contributed by atoms with van der Waals surface area (Å²) in [5, 5.41) is 3.77. The number of fused-ring (bicyclic) bond motifs is 1. The molecule has 1 N–H and O–H groups in total. The summed E-state index contributed by atoms with van der Waals surface area (Å²) in [6, 6.07) is 13.5. The largest absolute Gasteiger partial charge is 0.355 e. The fourth-order valence-corrected chi connectivity index (χ4v) is 3.54. The molecule has 5 nitrogen and oxygen atoms in total. The van der Waals surface area contributed by atoms with Gasteiger partial charge in [-0.15, -0.1) is 0 Å². The number of amides is 1. The highest BCUT2D eigenvalue weighted by Crippen LogP contribution is 2.22. The van der Waals surface area contributed by atoms with Crippen molar-refractivity contribution >= 4 is 28.6 Å². The molecule has 26 heavy (non-hydrogen) atoms. The molecule has 1 amide bonds. The molecule has 0 aliphatic carbocycles. The van der Waals surface area contributed by atoms with E-state index in [1.54, 1.807) is 28.8 Å². The molecule has 0 aliphatic heterocycles. The van der Waals surface area contributed by atoms with E-state index in [9.17, 15) is 14.0 Å². The summed E-state index contributed by atoms with van der Waals surface area (Å²) < 4.78 is 14.9. The number of carbonyl (C=O) groups excluding carboxylic acids is 1. The van der Waals surface area contributed by atoms with Gasteiger partial charge >= 0.3 is 0 Å². The number of nitrogens with zero attached hydrogens (tertiary/aromatic N) is 2. The van der Waals surface area contributed by atoms with Crippen LogP contribution in [0.5, 0.6) is 0 Å². The monoisotopic (exact) mass is 371 g/mol. The average molecular weight is 371 g/mol. The Balaban J connectivity index is 1.92. The fourth-order valence-electron chi connectivity index (χ4n) is 2.57. The Labute approximate surface area is 154 Å². The number of nitrogens with one attached hydrogen (secondary N) is 1. The number of aromatic nitrogens is 2. The van der Waals surface area contributed by atoms with Gasteiger partial charge in [0.05, 0.1) is 10.9 Å². The van der Waals surface area contributed by atoms with Crippen molar-refractivity contribution in [1.82, 2.24) is 14.9 Å². The Morgan fingerprint density at radius 2 is 2.04 bits per heavy atom. The van der Waals surface area contributed by atoms with Crippen molar-refractivity contribution in [1.29, 1.82) is 0 Å². The molecule has 0 spiro atoms. The Morgan fingerprint density at radius 3 is 2.81 bits per heavy atom. The van der Waals surface area contributed by atoms with Crippen molar-refractivity contribution in [3.63, 3.8) is 0 Å². The zero-order chi connectivity index (χ0) is 18.5. The zero-order valence-electron chi connectivity index (χ0n) is 14.2. The van der Waals surface area contributed by atoms with Crippen molar-refractivity contribution in [2.24, 2.45) is 0 Å². The number of halogens is 1. The Morgan fingerprint density at radius 1 is 1.23 bits per heavy atom. The van der Waals surface area contributed by atoms with Gasteiger partial charge in [0.2, 0.25) is 5.91 Å². The lowest BCUT2D eigenvalue weighted by molar-refractivity contribution is -0.118. The molecule has 0 aliphatic rings. The van der Waals surface area contributed by atoms with Crippen LogP contribution in [0, 0.1) is 5.82 Å². The third kappa shape index (κ3) is 4.29. The second-order valence-corrected chi connectivity index (χ2v) is 6.71. The van der Waals surface area contributed by atoms with Crippen LogP contribution in [0.4, 0.5) is 4.39 Å². The van der Waals surface area contributed by atoms with Crippen LogP contribution >= 0.6 is 11.8 Å². The molecule has 1 aromatic heterocycles. The van der Waals surface area contributed by atoms with Crippen LogP contribution in [0.3, 0.4) is 0 Å². The van der Waals surface area contributed by atoms with E-state index in [4.69, 9.17) is 0 Å². The number of hydrogen-bond donors (Lipinski definition) is 1. The Kier molecular flexibility index (Phi) is 5.68. The van der Waals surface area contributed by atoms with Gasteiger partial charge in [0.15, 0.2) is 5.16 Å². The molecular weight excluding hydrogens is 353 g/mol. The molecule has 0 fully saturated rings. The molecule has 3 aromatic rings. The molecule has 0 saturated heterocycles. The molecule has 0 unspecified atom stereocenters. The first-order valence-corrected chi connectivity index (χ1v) is 9.14. The molecule has 0 saturated carbocycles. The first kappa shape index (κ1) is 18.1. The number of carbonyl (C=O) groups is 1. The number of thioether (sulfide) groups is 1. The predicted molar refractivity (Wildman–Crippen MR) is 101 cm³/mol. The van der Waals surface area contributed by atoms with E-state index in [1.165, 1.54) is 30.8 Å². The topological polar surface area (TPSA) is 64.0 Å². The maximum atomic E-state index is 13.4. The normalized spacial score (nSPS) is 10.8. The summed E-state index contributed by atoms with van der Waals surface area (Å²) in [5.41, 5.74) is 1.28. The minimum absolute atomic E-state index is 0.150. The van der Waals surface area contributed by atoms with E-state index in [0.717, 1.165) is 5.56 Å². The quantitative estimate of drug-likeness (QED) is 0.534. The van der Waals surface area contributed by atoms with Gasteiger partial charge in [-0.05, 0) is 29.8 Å². The average Bonchev–Trinajstić information content (AvgIpc) is 2.62. The van der Waals surface area contributed by atoms with E-state index < -0.39 is 0 Å². The number of benzene rings is 2. The molecule has 0 atom stereocenters. The summed E-state index contributed by atoms with van der Waals surface area (Å²) in [4.78, 5) is 28.5. The van der Waals surface area contributed by atoms with Crippen LogP contribution in [-0.4, -0.2) is 22.0 Å². The van der Waals surface area contributed by atoms with Crippen LogP contribution in [0.25, 0.3) is 10.9 Å². The standard InChI is InChI=1S/C19H18FN3O2S/c1-13(24)21-9-10-23-18(25)16-7-2-3-8-17(16)22-19(23)26-12-14-5-4-6-15(20)11-14/h2-8,11H,9-10,12H2,1H3,(H,21,24). The number of hydrogen-bond acceptors (Lipinski definition) is 4. The third-order valence-electron chi connectivity index (χ3n) is 3.79. The van der Waals surface area contributed by atoms with Crippen LogP contribution in [-0.2, 0) is 17.1 Å². The third-order valence-corrected chi connectivity index (χ3v) is 4.84. The van der Waals surface area contributed by atoms with Crippen molar-refractivity contribution < 1.29 is 9.18 Å². The van der Waals surface area contributed by atoms with Gasteiger partial charge in [-0.25, -0.2) is 9.37 Å². The van der Waals surface area contributed by atoms with Crippen molar-refractivity contribution in [2.75, 3.05) is 6.54 Å². The fraction of sp³-hybridized carbons (Fsp3) is 0.211. The lowest BCUT2D eigenvalue weighted by atomic mass is 10.2. The van der Waals surface area contributed by atoms with Gasteiger partial charge in [-0.1, -0.05) is 36.0 Å². The highest BCUT2D eigenvalue weighted by atomic mass is 32.2. The number of rotatable bonds is 6. The highest BCUT2D eigenvalue weighted by Gasteiger charge is 2.12. The Bertz CT molecular complexity index is 1000. The van der Waals surface area contributed by atoms with E-state index in [-0.39, 0.29) is 17.3 Å². The van der Waals surface area contributed by atoms with E-state index in [0.29, 0.717) is 34.9 Å². The van der Waals surface area contributed by atoms with Gasteiger partial charge in [0.1, 0.15) is 5.82 Å². The molecule has 3 rings (SSSR count). The minimum atomic E-state index is -0.294. The summed E-state index contributed by atoms with van der Waals surface area (Å²) in [7, 11) is 0. The highest BCUT2D eigenvalue weighted by molar-refractivity contribution is 7.98. The molecule has 0 bridgehead atoms. The summed E-state index contributed by atoms with van der Waals surface area (Å²) >= 11 is 1.37. The first-order valence-electron chi connectivity index (χ1n) is 8.16. The second kappa shape index (κ2) is 8.14. The summed E-state index contributed by atoms with van der Waals surface area (Å²) in [6.07, 6.45) is 0. The lowest BCUT2D eigenvalue weighted by Crippen LogP contribution is -2.31. The zero-order valence-corrected chi connectivity index (χ0v) is 15.1. The molecule has 0 radical (unpaired) electrons. The first-order chi connectivity index (χ1) is 12.5. The van der Waals surface area contributed by atoms with Crippen molar-refractivity contribution in [3.8, 4) is 0 Å². The van der Waals surface area contributed by atoms with Crippen LogP contribution in [0.2, 0.25) is 0 Å². The predicted octanol–water partition coefficient (Wildman–Crippen LogP) is 2.96. The van der Waals surface area contributed by atoms with Gasteiger partial charge in [0, 0.05) is 25.8 Å². The lowest BCUT2D eigenvalue weighted by Gasteiger charge is -2.13. The van der Waals surface area contributed by atoms with Crippen LogP contribution in [0.1, 0.15) is 12.5 Å². The second-order valence-electron chi connectivity index (χ2n) is 5.77. The SMILES string of the molecule is CC(=O)NCCn1c(SCc2cccc(F)c2)nc2ccccc2c1=O. The van der Waals surface area contributed by atoms with Gasteiger partial charge < -0.3 is 5.32 Å². The van der Waals surface area contributed by atoms with Crippen molar-refractivity contribution in [2.45, 2.75) is 24.4 Å². The molecule has 134 valence electrons. The maximum absolute atomic E-state index is 13.4. The van der Waals surface area contributed by atoms with E-state index >= 15 is 0 Å². The van der Waals surface area contributed by atoms with Gasteiger partial charge in [-0.3, -0.25) is 14.2 Å². The smallest absolute Gasteiger partial charge is 0.262 e. The number of para-hydroxylation sites is 1.